The number of anilines is 1. The van der Waals surface area contributed by atoms with E-state index >= 15 is 0 Å². The van der Waals surface area contributed by atoms with E-state index in [-0.39, 0.29) is 0 Å². The first-order valence-electron chi connectivity index (χ1n) is 6.64. The number of aromatic nitrogens is 1. The molecule has 0 aliphatic heterocycles. The molecule has 0 atom stereocenters. The van der Waals surface area contributed by atoms with Crippen LogP contribution in [0.1, 0.15) is 38.3 Å². The first-order valence-corrected chi connectivity index (χ1v) is 7.42. The van der Waals surface area contributed by atoms with Gasteiger partial charge in [0.05, 0.1) is 23.0 Å². The Morgan fingerprint density at radius 2 is 2.21 bits per heavy atom. The van der Waals surface area contributed by atoms with Gasteiger partial charge in [-0.05, 0) is 38.7 Å². The number of aryl methyl sites for hydroxylation is 1. The van der Waals surface area contributed by atoms with E-state index < -0.39 is 0 Å². The lowest BCUT2D eigenvalue weighted by Crippen LogP contribution is -2.11. The summed E-state index contributed by atoms with van der Waals surface area (Å²) in [6.45, 7) is 4.46. The lowest BCUT2D eigenvalue weighted by atomic mass is 10.1. The molecule has 0 spiro atoms. The van der Waals surface area contributed by atoms with Gasteiger partial charge in [0.25, 0.3) is 0 Å². The largest absolute Gasteiger partial charge is 0.476 e. The molecule has 104 valence electrons. The van der Waals surface area contributed by atoms with Crippen molar-refractivity contribution in [3.05, 3.63) is 16.8 Å². The Hall–Kier alpha value is -0.870. The molecule has 0 aromatic carbocycles. The predicted octanol–water partition coefficient (Wildman–Crippen LogP) is 4.37. The van der Waals surface area contributed by atoms with Gasteiger partial charge < -0.3 is 10.1 Å². The highest BCUT2D eigenvalue weighted by Gasteiger charge is 2.17. The second kappa shape index (κ2) is 6.53. The van der Waals surface area contributed by atoms with Gasteiger partial charge in [0, 0.05) is 0 Å². The number of nitrogens with zero attached hydrogens (tertiary/aromatic N) is 1. The molecule has 1 N–H and O–H groups in total. The van der Waals surface area contributed by atoms with Crippen LogP contribution in [0.25, 0.3) is 0 Å². The molecule has 2 rings (SSSR count). The first kappa shape index (κ1) is 14.5. The van der Waals surface area contributed by atoms with Gasteiger partial charge in [0.15, 0.2) is 0 Å². The van der Waals surface area contributed by atoms with Crippen LogP contribution >= 0.6 is 23.8 Å². The van der Waals surface area contributed by atoms with Crippen molar-refractivity contribution in [3.8, 4) is 5.88 Å². The number of rotatable bonds is 4. The lowest BCUT2D eigenvalue weighted by molar-refractivity contribution is 0.243. The minimum atomic E-state index is 0.527. The average Bonchev–Trinajstić information content (AvgIpc) is 2.84. The highest BCUT2D eigenvalue weighted by Crippen LogP contribution is 2.30. The van der Waals surface area contributed by atoms with Crippen LogP contribution in [-0.2, 0) is 0 Å². The van der Waals surface area contributed by atoms with Crippen LogP contribution < -0.4 is 10.1 Å². The van der Waals surface area contributed by atoms with Crippen molar-refractivity contribution in [1.82, 2.24) is 4.98 Å². The van der Waals surface area contributed by atoms with E-state index in [1.165, 1.54) is 25.7 Å². The second-order valence-corrected chi connectivity index (χ2v) is 6.07. The van der Waals surface area contributed by atoms with Crippen LogP contribution in [0.4, 0.5) is 5.69 Å². The number of hydrogen-bond donors (Lipinski definition) is 1. The average molecular weight is 299 g/mol. The summed E-state index contributed by atoms with van der Waals surface area (Å²) in [5, 5.41) is 3.60. The molecule has 1 heterocycles. The molecule has 19 heavy (non-hydrogen) atoms. The zero-order chi connectivity index (χ0) is 13.8. The van der Waals surface area contributed by atoms with Gasteiger partial charge in [0.2, 0.25) is 5.88 Å². The number of hydrogen-bond acceptors (Lipinski definition) is 3. The van der Waals surface area contributed by atoms with E-state index in [2.05, 4.69) is 10.3 Å². The minimum absolute atomic E-state index is 0.527. The van der Waals surface area contributed by atoms with Crippen LogP contribution in [0.5, 0.6) is 5.88 Å². The Labute approximate surface area is 124 Å². The van der Waals surface area contributed by atoms with E-state index in [0.717, 1.165) is 11.4 Å². The van der Waals surface area contributed by atoms with Gasteiger partial charge in [-0.3, -0.25) is 0 Å². The molecule has 0 amide bonds. The van der Waals surface area contributed by atoms with Gasteiger partial charge in [-0.25, -0.2) is 4.98 Å². The van der Waals surface area contributed by atoms with Crippen molar-refractivity contribution in [2.75, 3.05) is 11.9 Å². The zero-order valence-corrected chi connectivity index (χ0v) is 12.9. The van der Waals surface area contributed by atoms with Gasteiger partial charge in [-0.15, -0.1) is 0 Å². The smallest absolute Gasteiger partial charge is 0.232 e. The molecule has 0 unspecified atom stereocenters. The third-order valence-electron chi connectivity index (χ3n) is 3.38. The summed E-state index contributed by atoms with van der Waals surface area (Å²) >= 11 is 11.2. The van der Waals surface area contributed by atoms with Gasteiger partial charge in [-0.1, -0.05) is 36.7 Å². The zero-order valence-electron chi connectivity index (χ0n) is 11.3. The van der Waals surface area contributed by atoms with E-state index in [1.54, 1.807) is 0 Å². The summed E-state index contributed by atoms with van der Waals surface area (Å²) in [5.41, 5.74) is 1.68. The van der Waals surface area contributed by atoms with Gasteiger partial charge >= 0.3 is 0 Å². The summed E-state index contributed by atoms with van der Waals surface area (Å²) in [6.07, 6.45) is 5.12. The molecule has 1 saturated carbocycles. The summed E-state index contributed by atoms with van der Waals surface area (Å²) in [5.74, 6) is 1.18. The van der Waals surface area contributed by atoms with Gasteiger partial charge in [0.1, 0.15) is 5.02 Å². The third kappa shape index (κ3) is 4.05. The number of thiocarbonyl (C=S) groups is 1. The summed E-state index contributed by atoms with van der Waals surface area (Å²) in [4.78, 5) is 5.11. The van der Waals surface area contributed by atoms with Gasteiger partial charge in [-0.2, -0.15) is 0 Å². The van der Waals surface area contributed by atoms with E-state index in [0.29, 0.717) is 28.4 Å². The van der Waals surface area contributed by atoms with Crippen LogP contribution in [-0.4, -0.2) is 16.6 Å². The molecular weight excluding hydrogens is 280 g/mol. The van der Waals surface area contributed by atoms with E-state index in [9.17, 15) is 0 Å². The first-order chi connectivity index (χ1) is 9.06. The molecule has 0 bridgehead atoms. The van der Waals surface area contributed by atoms with Crippen LogP contribution in [0.15, 0.2) is 6.07 Å². The van der Waals surface area contributed by atoms with Crippen LogP contribution in [0, 0.1) is 12.8 Å². The summed E-state index contributed by atoms with van der Waals surface area (Å²) in [6, 6.07) is 1.82. The standard InChI is InChI=1S/C14H19ClN2OS/c1-9-13(17-10(2)19)7-12(15)14(16-9)18-8-11-5-3-4-6-11/h7,11H,3-6,8H2,1-2H3,(H,17,19). The fourth-order valence-corrected chi connectivity index (χ4v) is 2.67. The van der Waals surface area contributed by atoms with Crippen molar-refractivity contribution < 1.29 is 4.74 Å². The summed E-state index contributed by atoms with van der Waals surface area (Å²) in [7, 11) is 0. The topological polar surface area (TPSA) is 34.1 Å². The number of nitrogens with one attached hydrogen (secondary N) is 1. The molecule has 1 aromatic rings. The van der Waals surface area contributed by atoms with Crippen molar-refractivity contribution >= 4 is 34.5 Å². The van der Waals surface area contributed by atoms with Crippen LogP contribution in [0.3, 0.4) is 0 Å². The SMILES string of the molecule is CC(=S)Nc1cc(Cl)c(OCC2CCCC2)nc1C. The molecule has 1 aromatic heterocycles. The maximum absolute atomic E-state index is 6.20. The maximum atomic E-state index is 6.20. The highest BCUT2D eigenvalue weighted by molar-refractivity contribution is 7.80. The van der Waals surface area contributed by atoms with E-state index in [4.69, 9.17) is 28.6 Å². The Morgan fingerprint density at radius 3 is 2.84 bits per heavy atom. The monoisotopic (exact) mass is 298 g/mol. The molecule has 0 saturated heterocycles. The number of pyridine rings is 1. The lowest BCUT2D eigenvalue weighted by Gasteiger charge is -2.14. The number of ether oxygens (including phenoxy) is 1. The Kier molecular flexibility index (Phi) is 4.99. The fourth-order valence-electron chi connectivity index (χ4n) is 2.35. The van der Waals surface area contributed by atoms with Crippen LogP contribution in [0.2, 0.25) is 5.02 Å². The molecule has 1 aliphatic carbocycles. The quantitative estimate of drug-likeness (QED) is 0.837. The van der Waals surface area contributed by atoms with Crippen molar-refractivity contribution in [1.29, 1.82) is 0 Å². The Balaban J connectivity index is 2.04. The third-order valence-corrected chi connectivity index (χ3v) is 3.75. The highest BCUT2D eigenvalue weighted by atomic mass is 35.5. The maximum Gasteiger partial charge on any atom is 0.232 e. The molecule has 0 radical (unpaired) electrons. The molecule has 1 aliphatic rings. The van der Waals surface area contributed by atoms with E-state index in [1.807, 2.05) is 19.9 Å². The predicted molar refractivity (Wildman–Crippen MR) is 83.3 cm³/mol. The second-order valence-electron chi connectivity index (χ2n) is 5.05. The fraction of sp³-hybridized carbons (Fsp3) is 0.571. The Bertz CT molecular complexity index is 473. The molecule has 3 nitrogen and oxygen atoms in total. The number of halogens is 1. The molecule has 1 fully saturated rings. The van der Waals surface area contributed by atoms with Crippen molar-refractivity contribution in [3.63, 3.8) is 0 Å². The van der Waals surface area contributed by atoms with Crippen molar-refractivity contribution in [2.24, 2.45) is 5.92 Å². The Morgan fingerprint density at radius 1 is 1.53 bits per heavy atom. The van der Waals surface area contributed by atoms with Crippen molar-refractivity contribution in [2.45, 2.75) is 39.5 Å². The minimum Gasteiger partial charge on any atom is -0.476 e. The normalized spacial score (nSPS) is 15.5. The molecule has 5 heteroatoms. The summed E-state index contributed by atoms with van der Waals surface area (Å²) < 4.78 is 5.76. The molecular formula is C14H19ClN2OS.